The van der Waals surface area contributed by atoms with Gasteiger partial charge in [-0.1, -0.05) is 177 Å². The van der Waals surface area contributed by atoms with Crippen LogP contribution in [0.2, 0.25) is 45.2 Å². The van der Waals surface area contributed by atoms with Crippen LogP contribution in [0.15, 0.2) is 169 Å². The van der Waals surface area contributed by atoms with Gasteiger partial charge in [-0.15, -0.1) is 0 Å². The first-order chi connectivity index (χ1) is 48.9. The Hall–Kier alpha value is -8.79. The van der Waals surface area contributed by atoms with Crippen molar-refractivity contribution < 1.29 is 28.8 Å². The van der Waals surface area contributed by atoms with E-state index in [4.69, 9.17) is 115 Å². The molecule has 0 saturated carbocycles. The minimum absolute atomic E-state index is 0.0625. The molecule has 3 aliphatic rings. The van der Waals surface area contributed by atoms with Crippen molar-refractivity contribution in [1.29, 1.82) is 10.8 Å². The number of halogens is 9. The van der Waals surface area contributed by atoms with Crippen LogP contribution in [0.5, 0.6) is 0 Å². The average Bonchev–Trinajstić information content (AvgIpc) is 0.935. The molecule has 0 aliphatic carbocycles. The summed E-state index contributed by atoms with van der Waals surface area (Å²) >= 11 is 55.2. The number of nitrogens with one attached hydrogen (secondary N) is 5. The zero-order chi connectivity index (χ0) is 72.7. The second-order valence-corrected chi connectivity index (χ2v) is 27.6. The second-order valence-electron chi connectivity index (χ2n) is 23.8. The van der Waals surface area contributed by atoms with Crippen molar-refractivity contribution in [2.75, 3.05) is 62.3 Å². The second kappa shape index (κ2) is 35.4. The molecule has 12 rings (SSSR count). The number of anilines is 3. The number of Topliss-reactive ketones (excluding diaryl/α,β-unsaturated/α-hetero) is 3. The number of piperidine rings is 1. The molecule has 27 heteroatoms. The maximum Gasteiger partial charge on any atom is 0.257 e. The summed E-state index contributed by atoms with van der Waals surface area (Å²) in [6.45, 7) is 5.16. The summed E-state index contributed by atoms with van der Waals surface area (Å²) in [7, 11) is 1.99. The van der Waals surface area contributed by atoms with Gasteiger partial charge in [-0.2, -0.15) is 0 Å². The van der Waals surface area contributed by atoms with Gasteiger partial charge in [-0.05, 0) is 122 Å². The van der Waals surface area contributed by atoms with Gasteiger partial charge in [0.15, 0.2) is 17.3 Å². The van der Waals surface area contributed by atoms with Crippen molar-refractivity contribution in [1.82, 2.24) is 29.7 Å². The number of ketones is 3. The molecule has 6 heterocycles. The fourth-order valence-electron chi connectivity index (χ4n) is 11.3. The lowest BCUT2D eigenvalue weighted by Gasteiger charge is -2.29. The third-order valence-corrected chi connectivity index (χ3v) is 19.0. The predicted octanol–water partition coefficient (Wildman–Crippen LogP) is 18.1. The minimum Gasteiger partial charge on any atom is -0.358 e. The standard InChI is InChI=1S/C26H23Cl3N4O2.C25H21Cl3N4O2.C24H19Cl3N4O2/c27-18-8-9-24(31-15-18)32-26(35)21-12-19(28)13-22(29)20(21)14-23(34)16-4-6-17(7-5-16)25(30)33-10-2-1-3-11-33;26-17-7-8-23(30-14-17)31-25(34)20-11-18(27)12-21(28)19(20)13-22(33)15-3-5-16(6-4-15)24(29)32-9-1-2-10-32;1-31-9-8-28-23(31)15-4-2-14(3-5-15)21(32)12-18-19(10-17(26)11-20(18)27)24(33)30-22-7-6-16(25)13-29-22/h4-9,12-13,15,30H,1-3,10-11,14H2,(H,31,32,35);3-8,11-12,14,29H,1-2,9-10,13H2,(H,30,31,34);2-7,10-11,13H,8-9,12H2,1H3,(H,29,30,33). The lowest BCUT2D eigenvalue weighted by atomic mass is 9.97. The molecule has 522 valence electrons. The minimum atomic E-state index is -0.489. The van der Waals surface area contributed by atoms with Gasteiger partial charge in [0.1, 0.15) is 35.0 Å². The van der Waals surface area contributed by atoms with Gasteiger partial charge in [-0.3, -0.25) is 44.6 Å². The zero-order valence-corrected chi connectivity index (χ0v) is 61.3. The molecule has 3 aromatic heterocycles. The van der Waals surface area contributed by atoms with Crippen LogP contribution in [0.3, 0.4) is 0 Å². The van der Waals surface area contributed by atoms with Crippen LogP contribution in [0.4, 0.5) is 17.5 Å². The van der Waals surface area contributed by atoms with Gasteiger partial charge in [0.25, 0.3) is 17.7 Å². The fraction of sp³-hybridized carbons (Fsp3) is 0.200. The van der Waals surface area contributed by atoms with Crippen LogP contribution in [0.1, 0.15) is 128 Å². The number of hydrogen-bond acceptors (Lipinski definition) is 13. The van der Waals surface area contributed by atoms with Gasteiger partial charge < -0.3 is 30.7 Å². The van der Waals surface area contributed by atoms with E-state index in [0.29, 0.717) is 77.6 Å². The number of aromatic nitrogens is 3. The number of likely N-dealkylation sites (tertiary alicyclic amines) is 2. The lowest BCUT2D eigenvalue weighted by molar-refractivity contribution is 0.0980. The van der Waals surface area contributed by atoms with Crippen molar-refractivity contribution in [2.45, 2.75) is 51.4 Å². The van der Waals surface area contributed by atoms with Crippen molar-refractivity contribution in [3.05, 3.63) is 276 Å². The molecule has 5 N–H and O–H groups in total. The maximum atomic E-state index is 13.1. The Morgan fingerprint density at radius 3 is 0.980 bits per heavy atom. The number of pyridine rings is 3. The van der Waals surface area contributed by atoms with Crippen LogP contribution in [0.25, 0.3) is 0 Å². The highest BCUT2D eigenvalue weighted by molar-refractivity contribution is 6.38. The van der Waals surface area contributed by atoms with Gasteiger partial charge in [-0.25, -0.2) is 15.0 Å². The van der Waals surface area contributed by atoms with E-state index in [1.165, 1.54) is 61.4 Å². The van der Waals surface area contributed by atoms with Crippen molar-refractivity contribution in [2.24, 2.45) is 4.99 Å². The van der Waals surface area contributed by atoms with Crippen molar-refractivity contribution >= 4 is 174 Å². The van der Waals surface area contributed by atoms with Crippen LogP contribution in [-0.4, -0.2) is 129 Å². The number of amides is 3. The van der Waals surface area contributed by atoms with E-state index in [0.717, 1.165) is 87.5 Å². The molecule has 0 spiro atoms. The number of rotatable bonds is 18. The largest absolute Gasteiger partial charge is 0.358 e. The number of hydrogen-bond donors (Lipinski definition) is 5. The summed E-state index contributed by atoms with van der Waals surface area (Å²) in [5.74, 6) is 0.725. The van der Waals surface area contributed by atoms with E-state index >= 15 is 0 Å². The first-order valence-electron chi connectivity index (χ1n) is 32.0. The molecule has 102 heavy (non-hydrogen) atoms. The van der Waals surface area contributed by atoms with Crippen LogP contribution < -0.4 is 16.0 Å². The topological polar surface area (TPSA) is 247 Å². The number of nitrogens with zero attached hydrogens (tertiary/aromatic N) is 7. The van der Waals surface area contributed by atoms with Gasteiger partial charge in [0, 0.05) is 158 Å². The molecule has 2 saturated heterocycles. The fourth-order valence-corrected chi connectivity index (χ4v) is 13.4. The van der Waals surface area contributed by atoms with E-state index < -0.39 is 17.7 Å². The van der Waals surface area contributed by atoms with E-state index in [9.17, 15) is 28.8 Å². The summed E-state index contributed by atoms with van der Waals surface area (Å²) in [5.41, 5.74) is 5.65. The summed E-state index contributed by atoms with van der Waals surface area (Å²) in [6, 6.07) is 39.7. The third-order valence-electron chi connectivity index (χ3n) is 16.7. The van der Waals surface area contributed by atoms with Gasteiger partial charge >= 0.3 is 0 Å². The summed E-state index contributed by atoms with van der Waals surface area (Å²) in [6.07, 6.45) is 9.57. The lowest BCUT2D eigenvalue weighted by Crippen LogP contribution is -2.35. The Balaban J connectivity index is 0.000000165. The Morgan fingerprint density at radius 1 is 0.382 bits per heavy atom. The van der Waals surface area contributed by atoms with E-state index in [1.807, 2.05) is 24.1 Å². The highest BCUT2D eigenvalue weighted by Gasteiger charge is 2.26. The molecule has 0 unspecified atom stereocenters. The monoisotopic (exact) mass is 1540 g/mol. The third kappa shape index (κ3) is 20.1. The Kier molecular flexibility index (Phi) is 26.3. The molecule has 0 radical (unpaired) electrons. The first kappa shape index (κ1) is 75.9. The number of benzene rings is 6. The summed E-state index contributed by atoms with van der Waals surface area (Å²) in [5, 5.41) is 27.7. The van der Waals surface area contributed by atoms with Crippen molar-refractivity contribution in [3.8, 4) is 0 Å². The van der Waals surface area contributed by atoms with E-state index in [2.05, 4.69) is 45.7 Å². The quantitative estimate of drug-likeness (QED) is 0.0306. The molecule has 2 fully saturated rings. The highest BCUT2D eigenvalue weighted by Crippen LogP contribution is 2.32. The Morgan fingerprint density at radius 2 is 0.686 bits per heavy atom. The van der Waals surface area contributed by atoms with E-state index in [-0.39, 0.29) is 83.4 Å². The Bertz CT molecular complexity index is 4670. The molecule has 9 aromatic rings. The van der Waals surface area contributed by atoms with Crippen LogP contribution in [0, 0.1) is 10.8 Å². The number of carbonyl (C=O) groups is 6. The SMILES string of the molecule is CN1CCN=C1c1ccc(C(=O)Cc2c(Cl)cc(Cl)cc2C(=O)Nc2ccc(Cl)cn2)cc1.N=C(c1ccc(C(=O)Cc2c(Cl)cc(Cl)cc2C(=O)Nc2ccc(Cl)cn2)cc1)N1CCCC1.N=C(c1ccc(C(=O)Cc2c(Cl)cc(Cl)cc2C(=O)Nc2ccc(Cl)cn2)cc1)N1CCCCC1. The number of carbonyl (C=O) groups excluding carboxylic acids is 6. The normalized spacial score (nSPS) is 13.2. The maximum absolute atomic E-state index is 13.1. The average molecular weight is 1550 g/mol. The number of amidine groups is 3. The molecule has 18 nitrogen and oxygen atoms in total. The first-order valence-corrected chi connectivity index (χ1v) is 35.4. The molecule has 0 bridgehead atoms. The summed E-state index contributed by atoms with van der Waals surface area (Å²) in [4.78, 5) is 101. The Labute approximate surface area is 633 Å². The molecular weight excluding hydrogens is 1480 g/mol. The smallest absolute Gasteiger partial charge is 0.257 e. The van der Waals surface area contributed by atoms with Gasteiger partial charge in [0.05, 0.1) is 21.6 Å². The zero-order valence-electron chi connectivity index (χ0n) is 54.5. The molecule has 0 atom stereocenters. The molecule has 6 aromatic carbocycles. The highest BCUT2D eigenvalue weighted by atomic mass is 35.5. The molecule has 3 amide bonds. The van der Waals surface area contributed by atoms with Crippen LogP contribution in [-0.2, 0) is 19.3 Å². The van der Waals surface area contributed by atoms with Crippen molar-refractivity contribution in [3.63, 3.8) is 0 Å². The predicted molar refractivity (Wildman–Crippen MR) is 408 cm³/mol. The summed E-state index contributed by atoms with van der Waals surface area (Å²) < 4.78 is 0. The van der Waals surface area contributed by atoms with E-state index in [1.54, 1.807) is 97.1 Å². The molecular formula is C75H63Cl9N12O6. The van der Waals surface area contributed by atoms with Gasteiger partial charge in [0.2, 0.25) is 0 Å². The van der Waals surface area contributed by atoms with Crippen LogP contribution >= 0.6 is 104 Å². The number of likely N-dealkylation sites (N-methyl/N-ethyl adjacent to an activating group) is 1. The number of aliphatic imine (C=N–C) groups is 1. The molecule has 3 aliphatic heterocycles.